The molecule has 0 bridgehead atoms. The summed E-state index contributed by atoms with van der Waals surface area (Å²) in [6, 6.07) is 49.0. The highest BCUT2D eigenvalue weighted by Crippen LogP contribution is 2.30. The molecular formula is C64H77ClN8O14S2. The van der Waals surface area contributed by atoms with Gasteiger partial charge in [0.1, 0.15) is 34.5 Å². The van der Waals surface area contributed by atoms with Crippen LogP contribution >= 0.6 is 12.4 Å². The number of carbonyl (C=O) groups is 2. The van der Waals surface area contributed by atoms with Crippen LogP contribution in [0.1, 0.15) is 37.5 Å². The zero-order valence-electron chi connectivity index (χ0n) is 50.4. The summed E-state index contributed by atoms with van der Waals surface area (Å²) < 4.78 is 55.0. The zero-order chi connectivity index (χ0) is 65.9. The molecule has 0 saturated carbocycles. The van der Waals surface area contributed by atoms with Crippen molar-refractivity contribution in [3.63, 3.8) is 0 Å². The van der Waals surface area contributed by atoms with Gasteiger partial charge in [-0.25, -0.2) is 16.8 Å². The number of ether oxygens (including phenoxy) is 1. The van der Waals surface area contributed by atoms with Gasteiger partial charge in [-0.3, -0.25) is 19.0 Å². The van der Waals surface area contributed by atoms with E-state index in [1.807, 2.05) is 57.3 Å². The third kappa shape index (κ3) is 26.8. The van der Waals surface area contributed by atoms with E-state index in [2.05, 4.69) is 31.9 Å². The maximum atomic E-state index is 11.9. The molecule has 89 heavy (non-hydrogen) atoms. The number of nitrogens with two attached hydrogens (primary N) is 3. The second-order valence-corrected chi connectivity index (χ2v) is 22.5. The Hall–Kier alpha value is -10.4. The van der Waals surface area contributed by atoms with Gasteiger partial charge in [0.15, 0.2) is 11.5 Å². The number of hydrogen-bond acceptors (Lipinski definition) is 18. The molecule has 476 valence electrons. The van der Waals surface area contributed by atoms with Gasteiger partial charge in [-0.2, -0.15) is 0 Å². The molecule has 0 fully saturated rings. The predicted octanol–water partition coefficient (Wildman–Crippen LogP) is 11.5. The molecule has 25 heteroatoms. The van der Waals surface area contributed by atoms with Crippen molar-refractivity contribution < 1.29 is 66.9 Å². The van der Waals surface area contributed by atoms with Crippen molar-refractivity contribution in [2.45, 2.75) is 46.4 Å². The van der Waals surface area contributed by atoms with Crippen LogP contribution in [0.4, 0.5) is 45.5 Å². The number of amides is 2. The van der Waals surface area contributed by atoms with E-state index in [4.69, 9.17) is 42.4 Å². The van der Waals surface area contributed by atoms with Gasteiger partial charge in [0, 0.05) is 84.1 Å². The fourth-order valence-electron chi connectivity index (χ4n) is 7.12. The van der Waals surface area contributed by atoms with Crippen LogP contribution in [0.15, 0.2) is 187 Å². The molecule has 0 aliphatic heterocycles. The number of methoxy groups -OCH3 is 1. The molecule has 17 N–H and O–H groups in total. The standard InChI is InChI=1S/C12H11NO3S.C10H12N2O3.C10H9NO.C10H15NO.C8H11NO3S.C7H9NO2.C7H9NO.ClH/c14-11-8-6-10(7-9-11)13-17(15,16)12-4-2-1-3-5-12;1-6(13)11-8-3-4-10(15)9(5-8)12-7(2)14;11-9-5-6-10(12)8-4-2-1-3-7(8)9;1-4-11(3)9-5-6-10(12)8(2)7-9;1-6-5-7(3-4-8(6)10)9-13(2,11)12;1-10-7-4-5(8)2-3-6(7)9;1-5-4-6(8)2-3-7(5)9;/h1-9,13-14H;3-5,15H,1-2H3,(H,11,13)(H,12,14);1-6,12H,11H2;5-7,12H,4H2,1-3H3;3-5,9-10H,1-2H3;2-4,9H,8H2,1H3;2-4,9H,8H2,1H3;1H. The quantitative estimate of drug-likeness (QED) is 0.0343. The van der Waals surface area contributed by atoms with Gasteiger partial charge in [-0.1, -0.05) is 42.5 Å². The molecule has 0 saturated heterocycles. The van der Waals surface area contributed by atoms with Gasteiger partial charge in [0.2, 0.25) is 21.8 Å². The molecule has 0 atom stereocenters. The number of aryl methyl sites for hydroxylation is 3. The minimum absolute atomic E-state index is 0. The lowest BCUT2D eigenvalue weighted by Gasteiger charge is -2.17. The van der Waals surface area contributed by atoms with Crippen LogP contribution in [-0.2, 0) is 29.6 Å². The average Bonchev–Trinajstić information content (AvgIpc) is 3.27. The number of sulfonamides is 2. The number of nitrogens with one attached hydrogen (secondary N) is 4. The van der Waals surface area contributed by atoms with Crippen LogP contribution < -0.4 is 46.9 Å². The first kappa shape index (κ1) is 74.7. The molecule has 0 aliphatic rings. The first-order chi connectivity index (χ1) is 41.3. The normalized spacial score (nSPS) is 10.1. The lowest BCUT2D eigenvalue weighted by atomic mass is 10.1. The first-order valence-corrected chi connectivity index (χ1v) is 29.9. The summed E-state index contributed by atoms with van der Waals surface area (Å²) in [7, 11) is -3.28. The van der Waals surface area contributed by atoms with Crippen LogP contribution in [0.25, 0.3) is 10.8 Å². The van der Waals surface area contributed by atoms with E-state index in [9.17, 15) is 41.7 Å². The number of aromatic hydroxyl groups is 7. The maximum absolute atomic E-state index is 11.9. The Morgan fingerprint density at radius 3 is 1.47 bits per heavy atom. The van der Waals surface area contributed by atoms with E-state index in [-0.39, 0.29) is 63.6 Å². The van der Waals surface area contributed by atoms with E-state index in [1.165, 1.54) is 87.7 Å². The Morgan fingerprint density at radius 1 is 0.506 bits per heavy atom. The monoisotopic (exact) mass is 1280 g/mol. The van der Waals surface area contributed by atoms with Crippen molar-refractivity contribution >= 4 is 101 Å². The smallest absolute Gasteiger partial charge is 0.261 e. The van der Waals surface area contributed by atoms with Crippen LogP contribution in [-0.4, -0.2) is 91.4 Å². The first-order valence-electron chi connectivity index (χ1n) is 26.5. The number of anilines is 8. The van der Waals surface area contributed by atoms with Gasteiger partial charge in [-0.15, -0.1) is 12.4 Å². The Kier molecular flexibility index (Phi) is 30.1. The van der Waals surface area contributed by atoms with Crippen molar-refractivity contribution in [3.05, 3.63) is 199 Å². The molecular weight excluding hydrogens is 1200 g/mol. The van der Waals surface area contributed by atoms with Gasteiger partial charge in [0.25, 0.3) is 10.0 Å². The van der Waals surface area contributed by atoms with Crippen LogP contribution in [0.3, 0.4) is 0 Å². The topological polar surface area (TPSA) is 383 Å². The number of hydrogen-bond donors (Lipinski definition) is 14. The van der Waals surface area contributed by atoms with Crippen molar-refractivity contribution in [3.8, 4) is 46.0 Å². The third-order valence-electron chi connectivity index (χ3n) is 11.8. The lowest BCUT2D eigenvalue weighted by molar-refractivity contribution is -0.115. The summed E-state index contributed by atoms with van der Waals surface area (Å²) in [6.45, 7) is 11.2. The number of nitrogen functional groups attached to an aromatic ring is 3. The fourth-order valence-corrected chi connectivity index (χ4v) is 8.76. The molecule has 22 nitrogen and oxygen atoms in total. The van der Waals surface area contributed by atoms with Crippen LogP contribution in [0.5, 0.6) is 46.0 Å². The van der Waals surface area contributed by atoms with Crippen molar-refractivity contribution in [2.24, 2.45) is 0 Å². The number of fused-ring (bicyclic) bond motifs is 1. The molecule has 0 spiro atoms. The highest BCUT2D eigenvalue weighted by atomic mass is 35.5. The average molecular weight is 1280 g/mol. The third-order valence-corrected chi connectivity index (χ3v) is 13.8. The number of nitrogens with zero attached hydrogens (tertiary/aromatic N) is 1. The van der Waals surface area contributed by atoms with Crippen molar-refractivity contribution in [1.29, 1.82) is 0 Å². The number of benzene rings is 9. The SMILES string of the molecule is CC(=O)Nc1ccc(O)c(NC(C)=O)c1.CCN(C)c1ccc(O)c(C)c1.COc1cc(N)ccc1O.Cc1cc(N)ccc1O.Cc1cc(NS(C)(=O)=O)ccc1O.Cl.Nc1ccc(O)c2ccccc12.O=S(=O)(Nc1ccc(O)cc1)c1ccccc1. The van der Waals surface area contributed by atoms with E-state index >= 15 is 0 Å². The molecule has 9 rings (SSSR count). The summed E-state index contributed by atoms with van der Waals surface area (Å²) >= 11 is 0. The maximum Gasteiger partial charge on any atom is 0.261 e. The number of rotatable bonds is 10. The zero-order valence-corrected chi connectivity index (χ0v) is 52.9. The summed E-state index contributed by atoms with van der Waals surface area (Å²) in [6.07, 6.45) is 1.08. The van der Waals surface area contributed by atoms with Crippen LogP contribution in [0, 0.1) is 20.8 Å². The molecule has 0 radical (unpaired) electrons. The van der Waals surface area contributed by atoms with Gasteiger partial charge >= 0.3 is 0 Å². The number of phenols is 7. The molecule has 0 aliphatic carbocycles. The second-order valence-electron chi connectivity index (χ2n) is 19.1. The lowest BCUT2D eigenvalue weighted by Crippen LogP contribution is -2.15. The van der Waals surface area contributed by atoms with Gasteiger partial charge in [-0.05, 0) is 178 Å². The van der Waals surface area contributed by atoms with E-state index in [0.29, 0.717) is 56.9 Å². The summed E-state index contributed by atoms with van der Waals surface area (Å²) in [5, 5.41) is 71.1. The number of halogens is 1. The predicted molar refractivity (Wildman–Crippen MR) is 359 cm³/mol. The van der Waals surface area contributed by atoms with Crippen LogP contribution in [0.2, 0.25) is 0 Å². The Labute approximate surface area is 525 Å². The van der Waals surface area contributed by atoms with Crippen molar-refractivity contribution in [2.75, 3.05) is 69.1 Å². The van der Waals surface area contributed by atoms with Gasteiger partial charge in [0.05, 0.1) is 23.9 Å². The summed E-state index contributed by atoms with van der Waals surface area (Å²) in [4.78, 5) is 23.9. The molecule has 9 aromatic carbocycles. The fraction of sp³-hybridized carbons (Fsp3) is 0.156. The molecule has 0 unspecified atom stereocenters. The molecule has 0 heterocycles. The number of carbonyl (C=O) groups excluding carboxylic acids is 2. The summed E-state index contributed by atoms with van der Waals surface area (Å²) in [5.41, 5.74) is 23.7. The Balaban J connectivity index is 0.000000356. The van der Waals surface area contributed by atoms with E-state index in [1.54, 1.807) is 85.8 Å². The minimum atomic E-state index is -3.56. The molecule has 9 aromatic rings. The largest absolute Gasteiger partial charge is 0.508 e. The van der Waals surface area contributed by atoms with Gasteiger partial charge < -0.3 is 73.2 Å². The Morgan fingerprint density at radius 2 is 0.978 bits per heavy atom. The van der Waals surface area contributed by atoms with E-state index < -0.39 is 20.0 Å². The minimum Gasteiger partial charge on any atom is -0.508 e. The van der Waals surface area contributed by atoms with E-state index in [0.717, 1.165) is 40.4 Å². The highest BCUT2D eigenvalue weighted by Gasteiger charge is 2.13. The molecule has 2 amide bonds. The Bertz CT molecular complexity index is 3940. The number of phenolic OH excluding ortho intramolecular Hbond substituents is 7. The second kappa shape index (κ2) is 35.9. The summed E-state index contributed by atoms with van der Waals surface area (Å²) in [5.74, 6) is 1.15. The molecule has 0 aromatic heterocycles. The van der Waals surface area contributed by atoms with Crippen molar-refractivity contribution in [1.82, 2.24) is 0 Å². The highest BCUT2D eigenvalue weighted by molar-refractivity contribution is 7.92.